The van der Waals surface area contributed by atoms with E-state index in [1.54, 1.807) is 24.4 Å². The predicted molar refractivity (Wildman–Crippen MR) is 102 cm³/mol. The Balaban J connectivity index is 2.11. The number of benzene rings is 1. The number of nitrogens with zero attached hydrogens (tertiary/aromatic N) is 2. The SMILES string of the molecule is COC(=O)c1ccccc1N[C@H](C)c1cc(C)cn2c(=O)c(C)c(O)nc12. The molecule has 0 unspecified atom stereocenters. The summed E-state index contributed by atoms with van der Waals surface area (Å²) in [6, 6.07) is 8.63. The lowest BCUT2D eigenvalue weighted by molar-refractivity contribution is 0.0602. The fourth-order valence-corrected chi connectivity index (χ4v) is 3.01. The van der Waals surface area contributed by atoms with Crippen LogP contribution in [-0.4, -0.2) is 27.6 Å². The van der Waals surface area contributed by atoms with Gasteiger partial charge in [-0.3, -0.25) is 9.20 Å². The van der Waals surface area contributed by atoms with Crippen LogP contribution in [0.5, 0.6) is 5.88 Å². The molecule has 0 amide bonds. The number of hydrogen-bond donors (Lipinski definition) is 2. The van der Waals surface area contributed by atoms with Crippen molar-refractivity contribution in [1.82, 2.24) is 9.38 Å². The molecule has 0 saturated heterocycles. The third-order valence-corrected chi connectivity index (χ3v) is 4.46. The number of pyridine rings is 1. The number of aromatic hydroxyl groups is 1. The number of ether oxygens (including phenoxy) is 1. The van der Waals surface area contributed by atoms with Gasteiger partial charge in [0.2, 0.25) is 5.88 Å². The number of carbonyl (C=O) groups is 1. The Labute approximate surface area is 156 Å². The molecule has 3 rings (SSSR count). The lowest BCUT2D eigenvalue weighted by Crippen LogP contribution is -2.21. The second-order valence-electron chi connectivity index (χ2n) is 6.44. The number of rotatable bonds is 4. The summed E-state index contributed by atoms with van der Waals surface area (Å²) in [5.74, 6) is -0.728. The van der Waals surface area contributed by atoms with Crippen molar-refractivity contribution >= 4 is 17.3 Å². The van der Waals surface area contributed by atoms with Crippen LogP contribution in [0.15, 0.2) is 41.3 Å². The van der Waals surface area contributed by atoms with Gasteiger partial charge in [-0.25, -0.2) is 4.79 Å². The van der Waals surface area contributed by atoms with E-state index in [-0.39, 0.29) is 23.0 Å². The molecule has 1 atom stereocenters. The molecule has 0 fully saturated rings. The molecule has 0 saturated carbocycles. The molecule has 0 aliphatic rings. The Morgan fingerprint density at radius 1 is 1.30 bits per heavy atom. The standard InChI is InChI=1S/C20H21N3O4/c1-11-9-15(17-22-18(24)12(2)19(25)23(17)10-11)13(3)21-16-8-6-5-7-14(16)20(26)27-4/h5-10,13,21,24H,1-4H3/t13-/m1/s1. The zero-order valence-electron chi connectivity index (χ0n) is 15.6. The van der Waals surface area contributed by atoms with Gasteiger partial charge in [0.25, 0.3) is 5.56 Å². The van der Waals surface area contributed by atoms with Crippen molar-refractivity contribution in [3.63, 3.8) is 0 Å². The Hall–Kier alpha value is -3.35. The summed E-state index contributed by atoms with van der Waals surface area (Å²) in [5, 5.41) is 13.3. The van der Waals surface area contributed by atoms with Crippen molar-refractivity contribution in [2.45, 2.75) is 26.8 Å². The molecule has 140 valence electrons. The Morgan fingerprint density at radius 3 is 2.70 bits per heavy atom. The minimum atomic E-state index is -0.443. The van der Waals surface area contributed by atoms with E-state index >= 15 is 0 Å². The fourth-order valence-electron chi connectivity index (χ4n) is 3.01. The zero-order valence-corrected chi connectivity index (χ0v) is 15.6. The number of aryl methyl sites for hydroxylation is 1. The maximum Gasteiger partial charge on any atom is 0.339 e. The minimum Gasteiger partial charge on any atom is -0.493 e. The quantitative estimate of drug-likeness (QED) is 0.689. The summed E-state index contributed by atoms with van der Waals surface area (Å²) in [6.07, 6.45) is 1.69. The van der Waals surface area contributed by atoms with Crippen molar-refractivity contribution in [1.29, 1.82) is 0 Å². The third-order valence-electron chi connectivity index (χ3n) is 4.46. The van der Waals surface area contributed by atoms with E-state index in [9.17, 15) is 14.7 Å². The molecule has 0 spiro atoms. The number of esters is 1. The normalized spacial score (nSPS) is 12.0. The smallest absolute Gasteiger partial charge is 0.339 e. The van der Waals surface area contributed by atoms with Crippen LogP contribution in [0.2, 0.25) is 0 Å². The Morgan fingerprint density at radius 2 is 2.00 bits per heavy atom. The van der Waals surface area contributed by atoms with E-state index in [2.05, 4.69) is 10.3 Å². The maximum absolute atomic E-state index is 12.5. The number of para-hydroxylation sites is 1. The largest absolute Gasteiger partial charge is 0.493 e. The first-order valence-electron chi connectivity index (χ1n) is 8.49. The summed E-state index contributed by atoms with van der Waals surface area (Å²) < 4.78 is 6.26. The van der Waals surface area contributed by atoms with Crippen LogP contribution in [0.1, 0.15) is 40.0 Å². The molecule has 0 radical (unpaired) electrons. The van der Waals surface area contributed by atoms with Crippen LogP contribution >= 0.6 is 0 Å². The number of hydrogen-bond acceptors (Lipinski definition) is 6. The van der Waals surface area contributed by atoms with Crippen LogP contribution in [0.25, 0.3) is 5.65 Å². The van der Waals surface area contributed by atoms with Crippen LogP contribution < -0.4 is 10.9 Å². The molecular weight excluding hydrogens is 346 g/mol. The molecule has 2 aromatic heterocycles. The van der Waals surface area contributed by atoms with Gasteiger partial charge >= 0.3 is 5.97 Å². The lowest BCUT2D eigenvalue weighted by atomic mass is 10.1. The predicted octanol–water partition coefficient (Wildman–Crippen LogP) is 2.98. The van der Waals surface area contributed by atoms with Crippen LogP contribution in [0, 0.1) is 13.8 Å². The summed E-state index contributed by atoms with van der Waals surface area (Å²) in [4.78, 5) is 28.7. The zero-order chi connectivity index (χ0) is 19.7. The van der Waals surface area contributed by atoms with E-state index < -0.39 is 5.97 Å². The number of anilines is 1. The molecule has 7 heteroatoms. The van der Waals surface area contributed by atoms with Gasteiger partial charge in [0, 0.05) is 17.4 Å². The number of carbonyl (C=O) groups excluding carboxylic acids is 1. The molecule has 0 aliphatic carbocycles. The van der Waals surface area contributed by atoms with Gasteiger partial charge in [-0.1, -0.05) is 12.1 Å². The first-order chi connectivity index (χ1) is 12.8. The van der Waals surface area contributed by atoms with Crippen LogP contribution in [0.4, 0.5) is 5.69 Å². The summed E-state index contributed by atoms with van der Waals surface area (Å²) in [7, 11) is 1.33. The Kier molecular flexibility index (Phi) is 4.85. The summed E-state index contributed by atoms with van der Waals surface area (Å²) in [6.45, 7) is 5.31. The fraction of sp³-hybridized carbons (Fsp3) is 0.250. The Bertz CT molecular complexity index is 1090. The second-order valence-corrected chi connectivity index (χ2v) is 6.44. The molecule has 2 heterocycles. The van der Waals surface area contributed by atoms with Crippen LogP contribution in [0.3, 0.4) is 0 Å². The highest BCUT2D eigenvalue weighted by Crippen LogP contribution is 2.26. The van der Waals surface area contributed by atoms with Crippen molar-refractivity contribution in [3.8, 4) is 5.88 Å². The maximum atomic E-state index is 12.5. The average molecular weight is 367 g/mol. The molecule has 27 heavy (non-hydrogen) atoms. The molecule has 7 nitrogen and oxygen atoms in total. The highest BCUT2D eigenvalue weighted by atomic mass is 16.5. The number of methoxy groups -OCH3 is 1. The van der Waals surface area contributed by atoms with E-state index in [0.717, 1.165) is 11.1 Å². The first-order valence-corrected chi connectivity index (χ1v) is 8.49. The van der Waals surface area contributed by atoms with Crippen molar-refractivity contribution in [2.24, 2.45) is 0 Å². The number of nitrogens with one attached hydrogen (secondary N) is 1. The van der Waals surface area contributed by atoms with E-state index in [1.165, 1.54) is 18.4 Å². The molecule has 0 aliphatic heterocycles. The van der Waals surface area contributed by atoms with E-state index in [1.807, 2.05) is 26.0 Å². The molecule has 0 bridgehead atoms. The third kappa shape index (κ3) is 3.36. The van der Waals surface area contributed by atoms with Crippen LogP contribution in [-0.2, 0) is 4.74 Å². The average Bonchev–Trinajstić information content (AvgIpc) is 2.66. The topological polar surface area (TPSA) is 92.9 Å². The van der Waals surface area contributed by atoms with Gasteiger partial charge < -0.3 is 15.2 Å². The van der Waals surface area contributed by atoms with Crippen molar-refractivity contribution < 1.29 is 14.6 Å². The lowest BCUT2D eigenvalue weighted by Gasteiger charge is -2.20. The molecule has 2 N–H and O–H groups in total. The first kappa shape index (κ1) is 18.4. The van der Waals surface area contributed by atoms with Gasteiger partial charge in [-0.2, -0.15) is 4.98 Å². The van der Waals surface area contributed by atoms with E-state index in [0.29, 0.717) is 16.9 Å². The highest BCUT2D eigenvalue weighted by Gasteiger charge is 2.18. The summed E-state index contributed by atoms with van der Waals surface area (Å²) in [5.41, 5.74) is 2.86. The van der Waals surface area contributed by atoms with Gasteiger partial charge in [0.15, 0.2) is 0 Å². The van der Waals surface area contributed by atoms with Gasteiger partial charge in [-0.05, 0) is 44.5 Å². The van der Waals surface area contributed by atoms with Gasteiger partial charge in [0.05, 0.1) is 24.3 Å². The monoisotopic (exact) mass is 367 g/mol. The van der Waals surface area contributed by atoms with Gasteiger partial charge in [-0.15, -0.1) is 0 Å². The van der Waals surface area contributed by atoms with Crippen molar-refractivity contribution in [3.05, 3.63) is 69.1 Å². The minimum absolute atomic E-state index is 0.195. The molecule has 1 aromatic carbocycles. The second kappa shape index (κ2) is 7.11. The summed E-state index contributed by atoms with van der Waals surface area (Å²) >= 11 is 0. The van der Waals surface area contributed by atoms with Crippen molar-refractivity contribution in [2.75, 3.05) is 12.4 Å². The number of aromatic nitrogens is 2. The molecular formula is C20H21N3O4. The number of fused-ring (bicyclic) bond motifs is 1. The highest BCUT2D eigenvalue weighted by molar-refractivity contribution is 5.95. The van der Waals surface area contributed by atoms with E-state index in [4.69, 9.17) is 4.74 Å². The molecule has 3 aromatic rings. The van der Waals surface area contributed by atoms with Gasteiger partial charge in [0.1, 0.15) is 5.65 Å².